The Morgan fingerprint density at radius 3 is 1.15 bits per heavy atom. The van der Waals surface area contributed by atoms with Gasteiger partial charge in [0.15, 0.2) is 0 Å². The molecule has 0 aromatic carbocycles. The van der Waals surface area contributed by atoms with E-state index < -0.39 is 0 Å². The van der Waals surface area contributed by atoms with Gasteiger partial charge >= 0.3 is 0 Å². The highest BCUT2D eigenvalue weighted by molar-refractivity contribution is 5.80. The monoisotopic (exact) mass is 186 g/mol. The van der Waals surface area contributed by atoms with Crippen LogP contribution in [0.3, 0.4) is 0 Å². The van der Waals surface area contributed by atoms with E-state index in [-0.39, 0.29) is 16.6 Å². The standard InChI is InChI=1S/C6H12O.C5H10O/c1-5(7)6(2,3)4;1-5(2,3)4-6/h1-4H3;4H,1-3H3. The molecule has 78 valence electrons. The SMILES string of the molecule is CC(=O)C(C)(C)C.CC(C)(C)C=O. The van der Waals surface area contributed by atoms with E-state index in [1.807, 2.05) is 41.5 Å². The minimum absolute atomic E-state index is 0.139. The van der Waals surface area contributed by atoms with Gasteiger partial charge in [-0.25, -0.2) is 0 Å². The average Bonchev–Trinajstić information content (AvgIpc) is 1.85. The molecule has 0 rings (SSSR count). The molecule has 13 heavy (non-hydrogen) atoms. The van der Waals surface area contributed by atoms with Gasteiger partial charge in [-0.05, 0) is 6.92 Å². The van der Waals surface area contributed by atoms with Gasteiger partial charge in [-0.15, -0.1) is 0 Å². The fourth-order valence-electron chi connectivity index (χ4n) is 0. The predicted molar refractivity (Wildman–Crippen MR) is 55.7 cm³/mol. The van der Waals surface area contributed by atoms with E-state index in [0.29, 0.717) is 0 Å². The smallest absolute Gasteiger partial charge is 0.135 e. The average molecular weight is 186 g/mol. The van der Waals surface area contributed by atoms with E-state index in [2.05, 4.69) is 0 Å². The fraction of sp³-hybridized carbons (Fsp3) is 0.818. The number of aldehydes is 1. The summed E-state index contributed by atoms with van der Waals surface area (Å²) in [6.45, 7) is 13.0. The maximum absolute atomic E-state index is 10.5. The van der Waals surface area contributed by atoms with E-state index in [0.717, 1.165) is 6.29 Å². The van der Waals surface area contributed by atoms with Crippen LogP contribution in [-0.2, 0) is 9.59 Å². The van der Waals surface area contributed by atoms with E-state index in [1.54, 1.807) is 6.92 Å². The molecule has 0 aliphatic carbocycles. The van der Waals surface area contributed by atoms with Gasteiger partial charge in [-0.2, -0.15) is 0 Å². The Morgan fingerprint density at radius 1 is 1.00 bits per heavy atom. The lowest BCUT2D eigenvalue weighted by Gasteiger charge is -2.11. The van der Waals surface area contributed by atoms with Crippen LogP contribution in [0, 0.1) is 10.8 Å². The molecule has 2 heteroatoms. The van der Waals surface area contributed by atoms with Crippen LogP contribution in [0.2, 0.25) is 0 Å². The number of hydrogen-bond donors (Lipinski definition) is 0. The van der Waals surface area contributed by atoms with Gasteiger partial charge in [-0.3, -0.25) is 4.79 Å². The van der Waals surface area contributed by atoms with Crippen molar-refractivity contribution in [2.75, 3.05) is 0 Å². The summed E-state index contributed by atoms with van der Waals surface area (Å²) >= 11 is 0. The molecular formula is C11H22O2. The van der Waals surface area contributed by atoms with E-state index in [4.69, 9.17) is 0 Å². The van der Waals surface area contributed by atoms with Crippen LogP contribution >= 0.6 is 0 Å². The quantitative estimate of drug-likeness (QED) is 0.545. The van der Waals surface area contributed by atoms with Crippen molar-refractivity contribution < 1.29 is 9.59 Å². The van der Waals surface area contributed by atoms with Crippen LogP contribution in [0.25, 0.3) is 0 Å². The van der Waals surface area contributed by atoms with Crippen molar-refractivity contribution in [3.05, 3.63) is 0 Å². The summed E-state index contributed by atoms with van der Waals surface area (Å²) in [6, 6.07) is 0. The maximum atomic E-state index is 10.5. The molecule has 0 aromatic rings. The summed E-state index contributed by atoms with van der Waals surface area (Å²) in [5, 5.41) is 0. The molecule has 0 saturated heterocycles. The van der Waals surface area contributed by atoms with Crippen molar-refractivity contribution >= 4 is 12.1 Å². The first-order valence-corrected chi connectivity index (χ1v) is 4.48. The zero-order chi connectivity index (χ0) is 11.3. The first-order valence-electron chi connectivity index (χ1n) is 4.48. The van der Waals surface area contributed by atoms with Gasteiger partial charge < -0.3 is 4.79 Å². The summed E-state index contributed by atoms with van der Waals surface area (Å²) in [7, 11) is 0. The highest BCUT2D eigenvalue weighted by Crippen LogP contribution is 2.12. The largest absolute Gasteiger partial charge is 0.303 e. The summed E-state index contributed by atoms with van der Waals surface area (Å²) in [6.07, 6.45) is 0.938. The van der Waals surface area contributed by atoms with Crippen molar-refractivity contribution in [3.63, 3.8) is 0 Å². The predicted octanol–water partition coefficient (Wildman–Crippen LogP) is 2.85. The second-order valence-electron chi connectivity index (χ2n) is 5.29. The Balaban J connectivity index is 0. The lowest BCUT2D eigenvalue weighted by Crippen LogP contribution is -2.15. The molecule has 0 amide bonds. The number of ketones is 1. The Labute approximate surface area is 81.7 Å². The van der Waals surface area contributed by atoms with Gasteiger partial charge in [0, 0.05) is 10.8 Å². The molecule has 0 aliphatic heterocycles. The minimum Gasteiger partial charge on any atom is -0.303 e. The third kappa shape index (κ3) is 14.2. The lowest BCUT2D eigenvalue weighted by molar-refractivity contribution is -0.124. The lowest BCUT2D eigenvalue weighted by atomic mass is 9.92. The van der Waals surface area contributed by atoms with Gasteiger partial charge in [-0.1, -0.05) is 41.5 Å². The molecule has 0 unspecified atom stereocenters. The summed E-state index contributed by atoms with van der Waals surface area (Å²) in [4.78, 5) is 20.3. The highest BCUT2D eigenvalue weighted by atomic mass is 16.1. The van der Waals surface area contributed by atoms with E-state index in [9.17, 15) is 9.59 Å². The summed E-state index contributed by atoms with van der Waals surface area (Å²) in [5.41, 5.74) is -0.278. The first kappa shape index (κ1) is 14.8. The van der Waals surface area contributed by atoms with Crippen molar-refractivity contribution in [2.24, 2.45) is 10.8 Å². The second kappa shape index (κ2) is 5.15. The van der Waals surface area contributed by atoms with Crippen LogP contribution < -0.4 is 0 Å². The molecule has 0 bridgehead atoms. The molecule has 0 atom stereocenters. The molecule has 0 radical (unpaired) electrons. The topological polar surface area (TPSA) is 34.1 Å². The number of carbonyl (C=O) groups excluding carboxylic acids is 2. The molecule has 0 heterocycles. The number of rotatable bonds is 0. The van der Waals surface area contributed by atoms with Gasteiger partial charge in [0.1, 0.15) is 12.1 Å². The molecule has 0 aromatic heterocycles. The fourth-order valence-corrected chi connectivity index (χ4v) is 0. The minimum atomic E-state index is -0.139. The zero-order valence-electron chi connectivity index (χ0n) is 9.89. The van der Waals surface area contributed by atoms with Crippen LogP contribution in [0.5, 0.6) is 0 Å². The van der Waals surface area contributed by atoms with Gasteiger partial charge in [0.05, 0.1) is 0 Å². The highest BCUT2D eigenvalue weighted by Gasteiger charge is 2.14. The van der Waals surface area contributed by atoms with Crippen molar-refractivity contribution in [1.29, 1.82) is 0 Å². The third-order valence-corrected chi connectivity index (χ3v) is 1.41. The summed E-state index contributed by atoms with van der Waals surface area (Å²) < 4.78 is 0. The van der Waals surface area contributed by atoms with Gasteiger partial charge in [0.2, 0.25) is 0 Å². The normalized spacial score (nSPS) is 11.3. The number of carbonyl (C=O) groups is 2. The van der Waals surface area contributed by atoms with Crippen LogP contribution in [0.1, 0.15) is 48.5 Å². The van der Waals surface area contributed by atoms with Crippen LogP contribution in [0.4, 0.5) is 0 Å². The van der Waals surface area contributed by atoms with E-state index in [1.165, 1.54) is 0 Å². The summed E-state index contributed by atoms with van der Waals surface area (Å²) in [5.74, 6) is 0.243. The Bertz CT molecular complexity index is 168. The maximum Gasteiger partial charge on any atom is 0.135 e. The number of Topliss-reactive ketones (excluding diaryl/α,β-unsaturated/α-hetero) is 1. The Hall–Kier alpha value is -0.660. The van der Waals surface area contributed by atoms with Crippen molar-refractivity contribution in [2.45, 2.75) is 48.5 Å². The first-order chi connectivity index (χ1) is 5.50. The molecule has 0 aliphatic rings. The van der Waals surface area contributed by atoms with Crippen LogP contribution in [0.15, 0.2) is 0 Å². The second-order valence-corrected chi connectivity index (χ2v) is 5.29. The molecule has 0 saturated carbocycles. The number of hydrogen-bond acceptors (Lipinski definition) is 2. The van der Waals surface area contributed by atoms with Crippen molar-refractivity contribution in [1.82, 2.24) is 0 Å². The van der Waals surface area contributed by atoms with Crippen molar-refractivity contribution in [3.8, 4) is 0 Å². The Morgan fingerprint density at radius 2 is 1.15 bits per heavy atom. The molecular weight excluding hydrogens is 164 g/mol. The van der Waals surface area contributed by atoms with Crippen LogP contribution in [-0.4, -0.2) is 12.1 Å². The molecule has 0 N–H and O–H groups in total. The zero-order valence-corrected chi connectivity index (χ0v) is 9.89. The Kier molecular flexibility index (Phi) is 5.88. The third-order valence-electron chi connectivity index (χ3n) is 1.41. The molecule has 0 spiro atoms. The van der Waals surface area contributed by atoms with E-state index >= 15 is 0 Å². The molecule has 0 fully saturated rings. The van der Waals surface area contributed by atoms with Gasteiger partial charge in [0.25, 0.3) is 0 Å². The molecule has 2 nitrogen and oxygen atoms in total.